The van der Waals surface area contributed by atoms with Crippen LogP contribution in [0.2, 0.25) is 0 Å². The van der Waals surface area contributed by atoms with Gasteiger partial charge in [-0.2, -0.15) is 0 Å². The van der Waals surface area contributed by atoms with Crippen molar-refractivity contribution < 1.29 is 28.8 Å². The van der Waals surface area contributed by atoms with Gasteiger partial charge in [0.15, 0.2) is 11.5 Å². The molecule has 0 amide bonds. The summed E-state index contributed by atoms with van der Waals surface area (Å²) in [5.41, 5.74) is 1.66. The quantitative estimate of drug-likeness (QED) is 0.740. The molecule has 0 aromatic heterocycles. The van der Waals surface area contributed by atoms with Crippen molar-refractivity contribution in [2.45, 2.75) is 18.6 Å². The van der Waals surface area contributed by atoms with Gasteiger partial charge in [0.05, 0.1) is 34.5 Å². The second-order valence-corrected chi connectivity index (χ2v) is 5.72. The van der Waals surface area contributed by atoms with Crippen molar-refractivity contribution in [3.05, 3.63) is 47.5 Å². The Morgan fingerprint density at radius 1 is 0.769 bits per heavy atom. The summed E-state index contributed by atoms with van der Waals surface area (Å²) in [4.78, 5) is 0. The van der Waals surface area contributed by atoms with E-state index in [1.165, 1.54) is 0 Å². The van der Waals surface area contributed by atoms with E-state index in [2.05, 4.69) is 0 Å². The fourth-order valence-electron chi connectivity index (χ4n) is 2.90. The zero-order chi connectivity index (χ0) is 19.1. The number of aliphatic hydroxyl groups is 1. The molecule has 0 radical (unpaired) electrons. The zero-order valence-electron chi connectivity index (χ0n) is 15.8. The van der Waals surface area contributed by atoms with Crippen LogP contribution in [0.3, 0.4) is 0 Å². The van der Waals surface area contributed by atoms with Gasteiger partial charge in [-0.15, -0.1) is 0 Å². The van der Waals surface area contributed by atoms with Gasteiger partial charge in [-0.3, -0.25) is 0 Å². The van der Waals surface area contributed by atoms with Crippen molar-refractivity contribution in [2.24, 2.45) is 0 Å². The van der Waals surface area contributed by atoms with Crippen LogP contribution in [0.25, 0.3) is 0 Å². The average molecular weight is 362 g/mol. The Kier molecular flexibility index (Phi) is 7.12. The lowest BCUT2D eigenvalue weighted by Crippen LogP contribution is -2.23. The Morgan fingerprint density at radius 3 is 2.04 bits per heavy atom. The van der Waals surface area contributed by atoms with Crippen LogP contribution in [0.1, 0.15) is 17.2 Å². The van der Waals surface area contributed by atoms with Crippen molar-refractivity contribution in [2.75, 3.05) is 35.5 Å². The highest BCUT2D eigenvalue weighted by Gasteiger charge is 2.24. The Morgan fingerprint density at radius 2 is 1.46 bits per heavy atom. The molecule has 0 saturated carbocycles. The topological polar surface area (TPSA) is 66.4 Å². The first kappa shape index (κ1) is 19.9. The Hall–Kier alpha value is -2.44. The molecule has 26 heavy (non-hydrogen) atoms. The van der Waals surface area contributed by atoms with Gasteiger partial charge in [-0.05, 0) is 29.3 Å². The van der Waals surface area contributed by atoms with Crippen molar-refractivity contribution in [3.63, 3.8) is 0 Å². The molecule has 0 fully saturated rings. The maximum absolute atomic E-state index is 10.8. The lowest BCUT2D eigenvalue weighted by Gasteiger charge is -2.24. The van der Waals surface area contributed by atoms with Crippen LogP contribution >= 0.6 is 0 Å². The first-order chi connectivity index (χ1) is 12.6. The minimum Gasteiger partial charge on any atom is -0.497 e. The summed E-state index contributed by atoms with van der Waals surface area (Å²) in [6.45, 7) is 0. The van der Waals surface area contributed by atoms with Crippen LogP contribution in [0.15, 0.2) is 36.4 Å². The van der Waals surface area contributed by atoms with E-state index in [1.54, 1.807) is 47.7 Å². The van der Waals surface area contributed by atoms with Gasteiger partial charge in [0.2, 0.25) is 0 Å². The van der Waals surface area contributed by atoms with E-state index < -0.39 is 12.2 Å². The summed E-state index contributed by atoms with van der Waals surface area (Å²) in [5.74, 6) is 2.56. The number of aliphatic hydroxyl groups excluding tert-OH is 1. The Balaban J connectivity index is 2.25. The van der Waals surface area contributed by atoms with Gasteiger partial charge >= 0.3 is 0 Å². The number of hydrogen-bond acceptors (Lipinski definition) is 6. The van der Waals surface area contributed by atoms with Gasteiger partial charge in [0, 0.05) is 19.6 Å². The minimum atomic E-state index is -0.777. The molecule has 0 aliphatic rings. The summed E-state index contributed by atoms with van der Waals surface area (Å²) in [6.07, 6.45) is -0.943. The van der Waals surface area contributed by atoms with Gasteiger partial charge < -0.3 is 28.8 Å². The van der Waals surface area contributed by atoms with Crippen LogP contribution < -0.4 is 18.9 Å². The first-order valence-corrected chi connectivity index (χ1v) is 8.21. The third-order valence-corrected chi connectivity index (χ3v) is 4.26. The van der Waals surface area contributed by atoms with E-state index in [9.17, 15) is 5.11 Å². The molecule has 2 atom stereocenters. The molecule has 2 aromatic rings. The minimum absolute atomic E-state index is 0.361. The molecule has 0 heterocycles. The van der Waals surface area contributed by atoms with Crippen LogP contribution in [-0.4, -0.2) is 46.8 Å². The largest absolute Gasteiger partial charge is 0.497 e. The van der Waals surface area contributed by atoms with Crippen LogP contribution in [-0.2, 0) is 11.2 Å². The molecule has 0 aliphatic heterocycles. The Bertz CT molecular complexity index is 715. The van der Waals surface area contributed by atoms with Crippen LogP contribution in [0.4, 0.5) is 0 Å². The van der Waals surface area contributed by atoms with Crippen molar-refractivity contribution >= 4 is 0 Å². The molecule has 0 aliphatic carbocycles. The monoisotopic (exact) mass is 362 g/mol. The number of benzene rings is 2. The van der Waals surface area contributed by atoms with E-state index in [4.69, 9.17) is 23.7 Å². The normalized spacial score (nSPS) is 13.0. The smallest absolute Gasteiger partial charge is 0.161 e. The van der Waals surface area contributed by atoms with E-state index >= 15 is 0 Å². The fourth-order valence-corrected chi connectivity index (χ4v) is 2.90. The van der Waals surface area contributed by atoms with Gasteiger partial charge in [0.25, 0.3) is 0 Å². The van der Waals surface area contributed by atoms with Crippen LogP contribution in [0, 0.1) is 0 Å². The highest BCUT2D eigenvalue weighted by molar-refractivity contribution is 5.44. The second kappa shape index (κ2) is 9.31. The lowest BCUT2D eigenvalue weighted by atomic mass is 9.97. The molecule has 0 spiro atoms. The molecule has 1 N–H and O–H groups in total. The molecule has 0 bridgehead atoms. The van der Waals surface area contributed by atoms with Crippen molar-refractivity contribution in [3.8, 4) is 23.0 Å². The SMILES string of the molecule is COc1ccc(C[C@H](O)C(OC)c2ccc(OC)c(OC)c2)c(OC)c1. The number of hydrogen-bond donors (Lipinski definition) is 1. The Labute approximate surface area is 154 Å². The number of rotatable bonds is 9. The summed E-state index contributed by atoms with van der Waals surface area (Å²) >= 11 is 0. The first-order valence-electron chi connectivity index (χ1n) is 8.21. The van der Waals surface area contributed by atoms with E-state index in [0.29, 0.717) is 29.4 Å². The van der Waals surface area contributed by atoms with Gasteiger partial charge in [0.1, 0.15) is 17.6 Å². The summed E-state index contributed by atoms with van der Waals surface area (Å²) < 4.78 is 26.8. The van der Waals surface area contributed by atoms with E-state index in [0.717, 1.165) is 11.1 Å². The standard InChI is InChI=1S/C20H26O6/c1-22-15-8-6-13(18(12-15)24-3)10-16(21)20(26-5)14-7-9-17(23-2)19(11-14)25-4/h6-9,11-12,16,20-21H,10H2,1-5H3/t16-,20?/m0/s1. The summed E-state index contributed by atoms with van der Waals surface area (Å²) in [6, 6.07) is 11.0. The zero-order valence-corrected chi connectivity index (χ0v) is 15.8. The van der Waals surface area contributed by atoms with Crippen molar-refractivity contribution in [1.82, 2.24) is 0 Å². The maximum atomic E-state index is 10.8. The predicted molar refractivity (Wildman–Crippen MR) is 98.6 cm³/mol. The maximum Gasteiger partial charge on any atom is 0.161 e. The summed E-state index contributed by atoms with van der Waals surface area (Å²) in [5, 5.41) is 10.8. The molecule has 6 nitrogen and oxygen atoms in total. The molecule has 2 rings (SSSR count). The summed E-state index contributed by atoms with van der Waals surface area (Å²) in [7, 11) is 7.90. The second-order valence-electron chi connectivity index (χ2n) is 5.72. The molecule has 1 unspecified atom stereocenters. The molecule has 2 aromatic carbocycles. The van der Waals surface area contributed by atoms with Crippen LogP contribution in [0.5, 0.6) is 23.0 Å². The predicted octanol–water partition coefficient (Wildman–Crippen LogP) is 3.01. The molecule has 6 heteroatoms. The van der Waals surface area contributed by atoms with Gasteiger partial charge in [-0.1, -0.05) is 12.1 Å². The fraction of sp³-hybridized carbons (Fsp3) is 0.400. The molecular formula is C20H26O6. The van der Waals surface area contributed by atoms with E-state index in [-0.39, 0.29) is 0 Å². The molecule has 0 saturated heterocycles. The average Bonchev–Trinajstić information content (AvgIpc) is 2.68. The highest BCUT2D eigenvalue weighted by atomic mass is 16.5. The van der Waals surface area contributed by atoms with Crippen molar-refractivity contribution in [1.29, 1.82) is 0 Å². The third-order valence-electron chi connectivity index (χ3n) is 4.26. The van der Waals surface area contributed by atoms with E-state index in [1.807, 2.05) is 24.3 Å². The van der Waals surface area contributed by atoms with Gasteiger partial charge in [-0.25, -0.2) is 0 Å². The molecular weight excluding hydrogens is 336 g/mol. The lowest BCUT2D eigenvalue weighted by molar-refractivity contribution is -0.0131. The highest BCUT2D eigenvalue weighted by Crippen LogP contribution is 2.34. The molecule has 142 valence electrons. The third kappa shape index (κ3) is 4.39. The number of ether oxygens (including phenoxy) is 5. The number of methoxy groups -OCH3 is 5.